The molecule has 2 aliphatic rings. The van der Waals surface area contributed by atoms with Gasteiger partial charge >= 0.3 is 18.1 Å². The van der Waals surface area contributed by atoms with Gasteiger partial charge in [-0.3, -0.25) is 57.8 Å². The van der Waals surface area contributed by atoms with Crippen molar-refractivity contribution < 1.29 is 91.2 Å². The standard InChI is InChI=1S/C84H125N11O19S2/c1-18-53(8)75(66(110-16)46-70(101)94-42-23-28-64(94)77(111-17)55(10)65(97)45-54(9)76(103)59-25-20-19-21-26-59)92(14)81(107)73(51(4)5)91-80(106)74(52(6)7)93(15)83(109)113-49-57-30-34-60(35-31-57)88-78(104)63(27-22-41-86-82(85)108)89-79(105)72(50(2)3)90-67(98)40-44-115-116-84(12,13)47-61(96)48-87-56(11)58-32-36-62(37-33-58)112-43-24-29-71(102)114-95-68(99)38-39-69(95)100/h19-21,25-26,30-37,50-55,63-64,66,72-77,103H,18,22-24,27-29,38-49H2,1-17H3,(H,88,104)(H,89,105)(H,90,98)(H,91,106)(H3,85,86,108)/t53-,54-,55-,63-,64-,66+,72-,73-,74-,75-,76+,77+/m0/s1. The number of ether oxygens (including phenoxy) is 4. The monoisotopic (exact) mass is 1660 g/mol. The van der Waals surface area contributed by atoms with Crippen molar-refractivity contribution in [3.05, 3.63) is 95.6 Å². The van der Waals surface area contributed by atoms with Gasteiger partial charge in [-0.15, -0.1) is 5.06 Å². The Morgan fingerprint density at radius 2 is 1.39 bits per heavy atom. The van der Waals surface area contributed by atoms with E-state index in [9.17, 15) is 67.4 Å². The molecule has 3 aromatic rings. The van der Waals surface area contributed by atoms with Crippen LogP contribution in [-0.4, -0.2) is 221 Å². The SMILES string of the molecule is CC[C@H](C)[C@@H]([C@@H](CC(=O)N1CCC[C@H]1[C@H](OC)[C@@H](C)C(=O)C[C@H](C)[C@@H](O)c1ccccc1)OC)N(C)C(=O)[C@@H](NC(=O)[C@H](C(C)C)N(C)C(=O)OCc1ccc(NC(=O)[C@H](CCCNC(N)=O)NC(=O)[C@@H](NC(=O)CCSSC(C)(C)CC(=O)CN=C(C)c2ccc(OCCCC(=O)ON3C(=O)CCC3=O)cc2)C(C)C)cc1)C(C)C. The number of nitrogens with two attached hydrogens (primary N) is 1. The third-order valence-electron chi connectivity index (χ3n) is 20.9. The predicted octanol–water partition coefficient (Wildman–Crippen LogP) is 9.47. The molecule has 0 aliphatic carbocycles. The highest BCUT2D eigenvalue weighted by Gasteiger charge is 2.45. The first-order chi connectivity index (χ1) is 54.8. The van der Waals surface area contributed by atoms with E-state index in [1.807, 2.05) is 65.0 Å². The van der Waals surface area contributed by atoms with Gasteiger partial charge in [0.05, 0.1) is 56.4 Å². The van der Waals surface area contributed by atoms with Gasteiger partial charge in [-0.2, -0.15) is 0 Å². The highest BCUT2D eigenvalue weighted by molar-refractivity contribution is 8.77. The van der Waals surface area contributed by atoms with E-state index in [2.05, 4.69) is 31.6 Å². The Labute approximate surface area is 691 Å². The molecule has 0 spiro atoms. The molecule has 116 heavy (non-hydrogen) atoms. The minimum atomic E-state index is -1.14. The van der Waals surface area contributed by atoms with Crippen LogP contribution in [0.2, 0.25) is 0 Å². The van der Waals surface area contributed by atoms with Gasteiger partial charge in [0.15, 0.2) is 5.78 Å². The lowest BCUT2D eigenvalue weighted by Gasteiger charge is -2.41. The molecule has 5 rings (SSSR count). The number of carbonyl (C=O) groups is 13. The molecule has 0 saturated carbocycles. The fourth-order valence-corrected chi connectivity index (χ4v) is 16.7. The van der Waals surface area contributed by atoms with E-state index in [1.165, 1.54) is 40.6 Å². The van der Waals surface area contributed by atoms with Crippen LogP contribution in [0.15, 0.2) is 83.9 Å². The van der Waals surface area contributed by atoms with Crippen molar-refractivity contribution in [2.45, 2.75) is 239 Å². The molecule has 0 radical (unpaired) electrons. The number of aliphatic hydroxyl groups excluding tert-OH is 1. The Kier molecular flexibility index (Phi) is 40.4. The number of hydrogen-bond donors (Lipinski definition) is 7. The number of methoxy groups -OCH3 is 2. The number of ketones is 2. The van der Waals surface area contributed by atoms with Crippen LogP contribution >= 0.6 is 21.6 Å². The van der Waals surface area contributed by atoms with Gasteiger partial charge in [0.2, 0.25) is 35.4 Å². The van der Waals surface area contributed by atoms with E-state index in [0.29, 0.717) is 65.8 Å². The van der Waals surface area contributed by atoms with Crippen molar-refractivity contribution in [1.29, 1.82) is 0 Å². The number of carbonyl (C=O) groups excluding carboxylic acids is 13. The maximum atomic E-state index is 14.9. The topological polar surface area (TPSA) is 400 Å². The van der Waals surface area contributed by atoms with Gasteiger partial charge in [-0.25, -0.2) is 14.4 Å². The van der Waals surface area contributed by atoms with Gasteiger partial charge in [0.25, 0.3) is 11.8 Å². The Hall–Kier alpha value is -8.98. The number of rotatable bonds is 49. The van der Waals surface area contributed by atoms with E-state index >= 15 is 0 Å². The predicted molar refractivity (Wildman–Crippen MR) is 444 cm³/mol. The maximum Gasteiger partial charge on any atom is 0.410 e. The average molecular weight is 1660 g/mol. The van der Waals surface area contributed by atoms with Crippen molar-refractivity contribution in [3.8, 4) is 5.75 Å². The number of likely N-dealkylation sites (N-methyl/N-ethyl adjacent to an activating group) is 2. The second kappa shape index (κ2) is 48.0. The lowest BCUT2D eigenvalue weighted by atomic mass is 9.85. The first-order valence-electron chi connectivity index (χ1n) is 40.1. The molecule has 0 bridgehead atoms. The summed E-state index contributed by atoms with van der Waals surface area (Å²) in [6, 6.07) is 16.5. The summed E-state index contributed by atoms with van der Waals surface area (Å²) < 4.78 is 23.1. The lowest BCUT2D eigenvalue weighted by molar-refractivity contribution is -0.197. The van der Waals surface area contributed by atoms with E-state index in [-0.39, 0.29) is 113 Å². The largest absolute Gasteiger partial charge is 0.494 e. The van der Waals surface area contributed by atoms with Crippen molar-refractivity contribution in [3.63, 3.8) is 0 Å². The molecule has 0 unspecified atom stereocenters. The first kappa shape index (κ1) is 97.6. The summed E-state index contributed by atoms with van der Waals surface area (Å²) >= 11 is 0. The first-order valence-corrected chi connectivity index (χ1v) is 42.4. The number of anilines is 1. The van der Waals surface area contributed by atoms with Crippen LogP contribution < -0.4 is 37.1 Å². The number of amides is 11. The second-order valence-corrected chi connectivity index (χ2v) is 34.8. The molecular formula is C84H125N11O19S2. The Bertz CT molecular complexity index is 3800. The van der Waals surface area contributed by atoms with Crippen LogP contribution in [-0.2, 0) is 78.4 Å². The van der Waals surface area contributed by atoms with Gasteiger partial charge in [-0.1, -0.05) is 140 Å². The molecule has 2 heterocycles. The fourth-order valence-electron chi connectivity index (χ4n) is 14.1. The average Bonchev–Trinajstić information content (AvgIpc) is 1.81. The van der Waals surface area contributed by atoms with Crippen LogP contribution in [0.25, 0.3) is 0 Å². The second-order valence-electron chi connectivity index (χ2n) is 31.7. The van der Waals surface area contributed by atoms with Crippen LogP contribution in [0, 0.1) is 35.5 Å². The molecule has 2 saturated heterocycles. The minimum Gasteiger partial charge on any atom is -0.494 e. The number of aliphatic hydroxyl groups is 1. The third kappa shape index (κ3) is 30.5. The summed E-state index contributed by atoms with van der Waals surface area (Å²) in [5, 5.41) is 25.4. The summed E-state index contributed by atoms with van der Waals surface area (Å²) in [4.78, 5) is 187. The van der Waals surface area contributed by atoms with Gasteiger partial charge in [0, 0.05) is 101 Å². The minimum absolute atomic E-state index is 0.0131. The van der Waals surface area contributed by atoms with Crippen molar-refractivity contribution in [1.82, 2.24) is 41.0 Å². The van der Waals surface area contributed by atoms with E-state index in [4.69, 9.17) is 29.5 Å². The smallest absolute Gasteiger partial charge is 0.410 e. The summed E-state index contributed by atoms with van der Waals surface area (Å²) in [6.45, 7) is 24.3. The number of aliphatic imine (C=N–C) groups is 1. The van der Waals surface area contributed by atoms with Crippen molar-refractivity contribution >= 4 is 110 Å². The van der Waals surface area contributed by atoms with Crippen molar-refractivity contribution in [2.75, 3.05) is 65.6 Å². The fraction of sp³-hybridized carbons (Fsp3) is 0.619. The lowest BCUT2D eigenvalue weighted by Crippen LogP contribution is -2.60. The summed E-state index contributed by atoms with van der Waals surface area (Å²) in [7, 11) is 8.98. The number of Topliss-reactive ketones (excluding diaryl/α,β-unsaturated/α-hetero) is 2. The quantitative estimate of drug-likeness (QED) is 0.0120. The number of nitrogens with one attached hydrogen (secondary N) is 5. The molecule has 11 amide bonds. The van der Waals surface area contributed by atoms with Crippen LogP contribution in [0.3, 0.4) is 0 Å². The molecule has 2 fully saturated rings. The maximum absolute atomic E-state index is 14.9. The van der Waals surface area contributed by atoms with Crippen LogP contribution in [0.5, 0.6) is 5.75 Å². The molecule has 30 nitrogen and oxygen atoms in total. The van der Waals surface area contributed by atoms with Gasteiger partial charge < -0.3 is 71.0 Å². The molecule has 8 N–H and O–H groups in total. The number of primary amides is 1. The zero-order valence-electron chi connectivity index (χ0n) is 70.5. The van der Waals surface area contributed by atoms with E-state index in [0.717, 1.165) is 11.1 Å². The summed E-state index contributed by atoms with van der Waals surface area (Å²) in [5.74, 6) is -6.36. The highest BCUT2D eigenvalue weighted by Crippen LogP contribution is 2.39. The van der Waals surface area contributed by atoms with Gasteiger partial charge in [0.1, 0.15) is 42.3 Å². The molecule has 0 aromatic heterocycles. The number of hydroxylamine groups is 2. The molecule has 32 heteroatoms. The summed E-state index contributed by atoms with van der Waals surface area (Å²) in [5.41, 5.74) is 8.29. The molecule has 642 valence electrons. The molecule has 2 aliphatic heterocycles. The molecule has 12 atom stereocenters. The third-order valence-corrected chi connectivity index (χ3v) is 24.2. The number of imide groups is 1. The van der Waals surface area contributed by atoms with Crippen LogP contribution in [0.1, 0.15) is 196 Å². The Morgan fingerprint density at radius 3 is 1.98 bits per heavy atom. The number of hydrogen-bond acceptors (Lipinski definition) is 22. The summed E-state index contributed by atoms with van der Waals surface area (Å²) in [6.07, 6.45) is -0.301. The normalized spacial score (nSPS) is 16.7. The zero-order valence-corrected chi connectivity index (χ0v) is 72.2. The van der Waals surface area contributed by atoms with E-state index < -0.39 is 142 Å². The molecular weight excluding hydrogens is 1530 g/mol. The Balaban J connectivity index is 1.11. The number of likely N-dealkylation sites (tertiary alicyclic amines) is 1. The van der Waals surface area contributed by atoms with Crippen molar-refractivity contribution in [2.24, 2.45) is 46.2 Å². The highest BCUT2D eigenvalue weighted by atomic mass is 33.1. The Morgan fingerprint density at radius 1 is 0.741 bits per heavy atom. The zero-order chi connectivity index (χ0) is 86.3. The number of benzene rings is 3. The van der Waals surface area contributed by atoms with Gasteiger partial charge in [-0.05, 0) is 136 Å². The molecule has 3 aromatic carbocycles. The number of urea groups is 1. The number of nitrogens with zero attached hydrogens (tertiary/aromatic N) is 5. The van der Waals surface area contributed by atoms with E-state index in [1.54, 1.807) is 128 Å². The van der Waals surface area contributed by atoms with Crippen LogP contribution in [0.4, 0.5) is 15.3 Å².